The van der Waals surface area contributed by atoms with Crippen molar-refractivity contribution in [3.05, 3.63) is 59.7 Å². The van der Waals surface area contributed by atoms with Crippen LogP contribution in [0.5, 0.6) is 11.5 Å². The quantitative estimate of drug-likeness (QED) is 0.356. The molecule has 0 saturated carbocycles. The molecular weight excluding hydrogens is 428 g/mol. The number of carbonyl (C=O) groups excluding carboxylic acids is 2. The van der Waals surface area contributed by atoms with Crippen LogP contribution >= 0.6 is 0 Å². The van der Waals surface area contributed by atoms with E-state index in [0.717, 1.165) is 36.8 Å². The number of amides is 2. The minimum Gasteiger partial charge on any atom is -0.481 e. The predicted octanol–water partition coefficient (Wildman–Crippen LogP) is 5.11. The molecule has 2 unspecified atom stereocenters. The molecule has 0 aromatic heterocycles. The van der Waals surface area contributed by atoms with E-state index in [1.54, 1.807) is 0 Å². The molecule has 2 N–H and O–H groups in total. The third-order valence-corrected chi connectivity index (χ3v) is 5.63. The van der Waals surface area contributed by atoms with Gasteiger partial charge in [0.1, 0.15) is 11.5 Å². The van der Waals surface area contributed by atoms with Gasteiger partial charge in [-0.1, -0.05) is 62.1 Å². The van der Waals surface area contributed by atoms with E-state index in [-0.39, 0.29) is 11.8 Å². The Morgan fingerprint density at radius 1 is 0.647 bits per heavy atom. The SMILES string of the molecule is CCC(Oc1ccc(C)cc1)C(=O)NCCCCCCNC(=O)C(CC)Oc1ccc(C)cc1. The molecule has 0 fully saturated rings. The zero-order valence-electron chi connectivity index (χ0n) is 21.1. The van der Waals surface area contributed by atoms with Gasteiger partial charge >= 0.3 is 0 Å². The molecule has 0 saturated heterocycles. The Labute approximate surface area is 204 Å². The van der Waals surface area contributed by atoms with Crippen LogP contribution < -0.4 is 20.1 Å². The molecule has 0 aliphatic heterocycles. The maximum absolute atomic E-state index is 12.4. The van der Waals surface area contributed by atoms with Gasteiger partial charge in [0, 0.05) is 13.1 Å². The normalized spacial score (nSPS) is 12.5. The molecule has 0 spiro atoms. The van der Waals surface area contributed by atoms with E-state index in [9.17, 15) is 9.59 Å². The van der Waals surface area contributed by atoms with Crippen molar-refractivity contribution < 1.29 is 19.1 Å². The summed E-state index contributed by atoms with van der Waals surface area (Å²) in [5.41, 5.74) is 2.32. The molecule has 6 heteroatoms. The number of ether oxygens (including phenoxy) is 2. The Morgan fingerprint density at radius 2 is 1.00 bits per heavy atom. The minimum atomic E-state index is -0.480. The zero-order valence-corrected chi connectivity index (χ0v) is 21.1. The second kappa shape index (κ2) is 15.0. The monoisotopic (exact) mass is 468 g/mol. The number of unbranched alkanes of at least 4 members (excludes halogenated alkanes) is 3. The number of carbonyl (C=O) groups is 2. The average Bonchev–Trinajstić information content (AvgIpc) is 2.84. The molecule has 2 aromatic carbocycles. The molecule has 0 aliphatic carbocycles. The molecule has 0 radical (unpaired) electrons. The van der Waals surface area contributed by atoms with E-state index in [1.807, 2.05) is 76.2 Å². The topological polar surface area (TPSA) is 76.7 Å². The molecule has 2 aromatic rings. The maximum atomic E-state index is 12.4. The van der Waals surface area contributed by atoms with Gasteiger partial charge in [0.2, 0.25) is 0 Å². The van der Waals surface area contributed by atoms with Crippen LogP contribution in [0, 0.1) is 13.8 Å². The molecule has 0 bridgehead atoms. The van der Waals surface area contributed by atoms with Crippen molar-refractivity contribution in [3.8, 4) is 11.5 Å². The van der Waals surface area contributed by atoms with Gasteiger partial charge in [-0.2, -0.15) is 0 Å². The van der Waals surface area contributed by atoms with Crippen LogP contribution in [0.3, 0.4) is 0 Å². The molecule has 0 heterocycles. The zero-order chi connectivity index (χ0) is 24.8. The summed E-state index contributed by atoms with van der Waals surface area (Å²) in [7, 11) is 0. The van der Waals surface area contributed by atoms with Crippen molar-refractivity contribution in [2.75, 3.05) is 13.1 Å². The number of hydrogen-bond donors (Lipinski definition) is 2. The summed E-state index contributed by atoms with van der Waals surface area (Å²) in [5.74, 6) is 1.28. The number of benzene rings is 2. The van der Waals surface area contributed by atoms with Crippen molar-refractivity contribution in [3.63, 3.8) is 0 Å². The molecule has 2 atom stereocenters. The lowest BCUT2D eigenvalue weighted by Gasteiger charge is -2.18. The summed E-state index contributed by atoms with van der Waals surface area (Å²) in [5, 5.41) is 5.95. The summed E-state index contributed by atoms with van der Waals surface area (Å²) in [6, 6.07) is 15.5. The van der Waals surface area contributed by atoms with Crippen molar-refractivity contribution in [1.82, 2.24) is 10.6 Å². The van der Waals surface area contributed by atoms with Crippen molar-refractivity contribution in [2.24, 2.45) is 0 Å². The Kier molecular flexibility index (Phi) is 12.0. The standard InChI is InChI=1S/C28H40N2O4/c1-5-25(33-23-15-11-21(3)12-16-23)27(31)29-19-9-7-8-10-20-30-28(32)26(6-2)34-24-17-13-22(4)14-18-24/h11-18,25-26H,5-10,19-20H2,1-4H3,(H,29,31)(H,30,32). The predicted molar refractivity (Wildman–Crippen MR) is 136 cm³/mol. The second-order valence-corrected chi connectivity index (χ2v) is 8.65. The highest BCUT2D eigenvalue weighted by atomic mass is 16.5. The van der Waals surface area contributed by atoms with E-state index < -0.39 is 12.2 Å². The lowest BCUT2D eigenvalue weighted by Crippen LogP contribution is -2.38. The second-order valence-electron chi connectivity index (χ2n) is 8.65. The van der Waals surface area contributed by atoms with Crippen LogP contribution in [-0.4, -0.2) is 37.1 Å². The molecule has 0 aliphatic rings. The van der Waals surface area contributed by atoms with E-state index >= 15 is 0 Å². The molecule has 6 nitrogen and oxygen atoms in total. The molecule has 186 valence electrons. The molecule has 2 amide bonds. The Balaban J connectivity index is 1.56. The van der Waals surface area contributed by atoms with E-state index in [1.165, 1.54) is 0 Å². The van der Waals surface area contributed by atoms with Crippen molar-refractivity contribution in [1.29, 1.82) is 0 Å². The first-order chi connectivity index (χ1) is 16.4. The van der Waals surface area contributed by atoms with Crippen LogP contribution in [0.2, 0.25) is 0 Å². The summed E-state index contributed by atoms with van der Waals surface area (Å²) in [4.78, 5) is 24.8. The van der Waals surface area contributed by atoms with E-state index in [4.69, 9.17) is 9.47 Å². The van der Waals surface area contributed by atoms with Gasteiger partial charge in [-0.15, -0.1) is 0 Å². The summed E-state index contributed by atoms with van der Waals surface area (Å²) < 4.78 is 11.6. The third-order valence-electron chi connectivity index (χ3n) is 5.63. The number of hydrogen-bond acceptors (Lipinski definition) is 4. The Bertz CT molecular complexity index is 791. The van der Waals surface area contributed by atoms with Gasteiger partial charge in [0.15, 0.2) is 12.2 Å². The average molecular weight is 469 g/mol. The molecule has 34 heavy (non-hydrogen) atoms. The first-order valence-corrected chi connectivity index (χ1v) is 12.4. The van der Waals surface area contributed by atoms with Crippen LogP contribution in [0.15, 0.2) is 48.5 Å². The van der Waals surface area contributed by atoms with Crippen LogP contribution in [0.4, 0.5) is 0 Å². The fourth-order valence-corrected chi connectivity index (χ4v) is 3.46. The van der Waals surface area contributed by atoms with E-state index in [2.05, 4.69) is 10.6 Å². The summed E-state index contributed by atoms with van der Waals surface area (Å²) >= 11 is 0. The van der Waals surface area contributed by atoms with Gasteiger partial charge in [-0.25, -0.2) is 0 Å². The highest BCUT2D eigenvalue weighted by Gasteiger charge is 2.18. The van der Waals surface area contributed by atoms with Gasteiger partial charge < -0.3 is 20.1 Å². The fourth-order valence-electron chi connectivity index (χ4n) is 3.46. The van der Waals surface area contributed by atoms with Gasteiger partial charge in [0.05, 0.1) is 0 Å². The molecule has 2 rings (SSSR count). The van der Waals surface area contributed by atoms with E-state index in [0.29, 0.717) is 37.4 Å². The fraction of sp³-hybridized carbons (Fsp3) is 0.500. The van der Waals surface area contributed by atoms with Crippen molar-refractivity contribution >= 4 is 11.8 Å². The van der Waals surface area contributed by atoms with Crippen LogP contribution in [0.25, 0.3) is 0 Å². The lowest BCUT2D eigenvalue weighted by atomic mass is 10.1. The smallest absolute Gasteiger partial charge is 0.261 e. The lowest BCUT2D eigenvalue weighted by molar-refractivity contribution is -0.128. The number of nitrogens with one attached hydrogen (secondary N) is 2. The first kappa shape index (κ1) is 27.2. The Morgan fingerprint density at radius 3 is 1.32 bits per heavy atom. The van der Waals surface area contributed by atoms with Gasteiger partial charge in [-0.3, -0.25) is 9.59 Å². The first-order valence-electron chi connectivity index (χ1n) is 12.4. The largest absolute Gasteiger partial charge is 0.481 e. The van der Waals surface area contributed by atoms with Crippen LogP contribution in [0.1, 0.15) is 63.5 Å². The molecular formula is C28H40N2O4. The number of rotatable bonds is 15. The summed E-state index contributed by atoms with van der Waals surface area (Å²) in [6.45, 7) is 9.18. The maximum Gasteiger partial charge on any atom is 0.261 e. The highest BCUT2D eigenvalue weighted by molar-refractivity contribution is 5.81. The minimum absolute atomic E-state index is 0.0745. The Hall–Kier alpha value is -3.02. The van der Waals surface area contributed by atoms with Gasteiger partial charge in [-0.05, 0) is 63.8 Å². The summed E-state index contributed by atoms with van der Waals surface area (Å²) in [6.07, 6.45) is 4.05. The van der Waals surface area contributed by atoms with Crippen molar-refractivity contribution in [2.45, 2.75) is 78.4 Å². The van der Waals surface area contributed by atoms with Gasteiger partial charge in [0.25, 0.3) is 11.8 Å². The van der Waals surface area contributed by atoms with Crippen LogP contribution in [-0.2, 0) is 9.59 Å². The highest BCUT2D eigenvalue weighted by Crippen LogP contribution is 2.16. The third kappa shape index (κ3) is 9.86. The number of aryl methyl sites for hydroxylation is 2.